The summed E-state index contributed by atoms with van der Waals surface area (Å²) in [4.78, 5) is 4.23. The molecule has 2 heteroatoms. The van der Waals surface area contributed by atoms with Crippen LogP contribution in [-0.2, 0) is 7.05 Å². The quantitative estimate of drug-likeness (QED) is 0.664. The predicted molar refractivity (Wildman–Crippen MR) is 88.3 cm³/mol. The molecule has 2 nitrogen and oxygen atoms in total. The van der Waals surface area contributed by atoms with Gasteiger partial charge in [0.15, 0.2) is 0 Å². The lowest BCUT2D eigenvalue weighted by molar-refractivity contribution is 0.920. The minimum atomic E-state index is 1.15. The third-order valence-corrected chi connectivity index (χ3v) is 4.10. The van der Waals surface area contributed by atoms with E-state index >= 15 is 0 Å². The molecule has 0 aliphatic rings. The first-order chi connectivity index (χ1) is 10.1. The van der Waals surface area contributed by atoms with Gasteiger partial charge in [0.05, 0.1) is 18.2 Å². The molecule has 0 atom stereocenters. The number of imidazole rings is 1. The van der Waals surface area contributed by atoms with Crippen molar-refractivity contribution in [1.29, 1.82) is 0 Å². The second kappa shape index (κ2) is 5.21. The van der Waals surface area contributed by atoms with Gasteiger partial charge < -0.3 is 4.57 Å². The fourth-order valence-electron chi connectivity index (χ4n) is 2.94. The van der Waals surface area contributed by atoms with E-state index in [2.05, 4.69) is 66.7 Å². The Morgan fingerprint density at radius 3 is 2.33 bits per heavy atom. The molecule has 0 unspecified atom stereocenters. The molecule has 0 aliphatic heterocycles. The van der Waals surface area contributed by atoms with Crippen molar-refractivity contribution in [2.24, 2.45) is 7.05 Å². The van der Waals surface area contributed by atoms with E-state index in [1.54, 1.807) is 0 Å². The first kappa shape index (κ1) is 13.6. The molecule has 0 aliphatic carbocycles. The molecular formula is C19H20N2. The summed E-state index contributed by atoms with van der Waals surface area (Å²) in [6.45, 7) is 6.51. The predicted octanol–water partition coefficient (Wildman–Crippen LogP) is 4.68. The van der Waals surface area contributed by atoms with Crippen molar-refractivity contribution in [3.8, 4) is 22.4 Å². The van der Waals surface area contributed by atoms with Crippen LogP contribution in [0.5, 0.6) is 0 Å². The highest BCUT2D eigenvalue weighted by atomic mass is 15.0. The SMILES string of the molecule is Cc1ccc(-c2cccc(-c3cncn3C)c2C)c(C)c1. The smallest absolute Gasteiger partial charge is 0.0948 e. The first-order valence-corrected chi connectivity index (χ1v) is 7.22. The Morgan fingerprint density at radius 1 is 0.905 bits per heavy atom. The number of aromatic nitrogens is 2. The largest absolute Gasteiger partial charge is 0.334 e. The molecule has 0 radical (unpaired) electrons. The van der Waals surface area contributed by atoms with Crippen LogP contribution in [0.15, 0.2) is 48.9 Å². The molecule has 0 saturated carbocycles. The number of hydrogen-bond acceptors (Lipinski definition) is 1. The summed E-state index contributed by atoms with van der Waals surface area (Å²) in [5, 5.41) is 0. The Bertz CT molecular complexity index is 797. The number of hydrogen-bond donors (Lipinski definition) is 0. The summed E-state index contributed by atoms with van der Waals surface area (Å²) in [6.07, 6.45) is 3.77. The monoisotopic (exact) mass is 276 g/mol. The molecule has 0 fully saturated rings. The molecule has 0 bridgehead atoms. The van der Waals surface area contributed by atoms with Crippen molar-refractivity contribution < 1.29 is 0 Å². The van der Waals surface area contributed by atoms with Crippen molar-refractivity contribution in [3.63, 3.8) is 0 Å². The summed E-state index contributed by atoms with van der Waals surface area (Å²) in [6, 6.07) is 13.1. The minimum absolute atomic E-state index is 1.15. The molecule has 3 aromatic rings. The molecule has 1 aromatic heterocycles. The molecule has 21 heavy (non-hydrogen) atoms. The maximum Gasteiger partial charge on any atom is 0.0948 e. The van der Waals surface area contributed by atoms with E-state index in [-0.39, 0.29) is 0 Å². The van der Waals surface area contributed by atoms with Crippen LogP contribution in [0.1, 0.15) is 16.7 Å². The number of nitrogens with zero attached hydrogens (tertiary/aromatic N) is 2. The third-order valence-electron chi connectivity index (χ3n) is 4.10. The molecule has 0 amide bonds. The van der Waals surface area contributed by atoms with E-state index in [0.29, 0.717) is 0 Å². The Labute approximate surface area is 126 Å². The highest BCUT2D eigenvalue weighted by molar-refractivity contribution is 5.78. The van der Waals surface area contributed by atoms with Crippen molar-refractivity contribution in [2.75, 3.05) is 0 Å². The Hall–Kier alpha value is -2.35. The van der Waals surface area contributed by atoms with E-state index in [1.165, 1.54) is 33.4 Å². The van der Waals surface area contributed by atoms with Crippen molar-refractivity contribution in [2.45, 2.75) is 20.8 Å². The lowest BCUT2D eigenvalue weighted by atomic mass is 9.92. The lowest BCUT2D eigenvalue weighted by Crippen LogP contribution is -1.94. The average molecular weight is 276 g/mol. The summed E-state index contributed by atoms with van der Waals surface area (Å²) in [5.41, 5.74) is 8.92. The zero-order valence-electron chi connectivity index (χ0n) is 13.0. The Kier molecular flexibility index (Phi) is 3.38. The molecule has 0 spiro atoms. The van der Waals surface area contributed by atoms with Crippen LogP contribution in [-0.4, -0.2) is 9.55 Å². The van der Waals surface area contributed by atoms with Gasteiger partial charge >= 0.3 is 0 Å². The fourth-order valence-corrected chi connectivity index (χ4v) is 2.94. The normalized spacial score (nSPS) is 10.9. The highest BCUT2D eigenvalue weighted by Crippen LogP contribution is 2.33. The summed E-state index contributed by atoms with van der Waals surface area (Å²) >= 11 is 0. The van der Waals surface area contributed by atoms with Crippen LogP contribution >= 0.6 is 0 Å². The van der Waals surface area contributed by atoms with Gasteiger partial charge in [0.1, 0.15) is 0 Å². The van der Waals surface area contributed by atoms with Crippen LogP contribution in [0.2, 0.25) is 0 Å². The van der Waals surface area contributed by atoms with E-state index in [9.17, 15) is 0 Å². The van der Waals surface area contributed by atoms with Gasteiger partial charge in [0.25, 0.3) is 0 Å². The second-order valence-corrected chi connectivity index (χ2v) is 5.69. The van der Waals surface area contributed by atoms with Crippen LogP contribution in [0.25, 0.3) is 22.4 Å². The average Bonchev–Trinajstić information content (AvgIpc) is 2.86. The molecule has 0 saturated heterocycles. The molecule has 0 N–H and O–H groups in total. The standard InChI is InChI=1S/C19H20N2/c1-13-8-9-16(14(2)10-13)17-6-5-7-18(15(17)3)19-11-20-12-21(19)4/h5-12H,1-4H3. The number of benzene rings is 2. The third kappa shape index (κ3) is 2.38. The fraction of sp³-hybridized carbons (Fsp3) is 0.211. The van der Waals surface area contributed by atoms with Gasteiger partial charge in [-0.05, 0) is 43.0 Å². The van der Waals surface area contributed by atoms with Crippen LogP contribution < -0.4 is 0 Å². The van der Waals surface area contributed by atoms with Gasteiger partial charge in [-0.2, -0.15) is 0 Å². The molecular weight excluding hydrogens is 256 g/mol. The van der Waals surface area contributed by atoms with E-state index in [1.807, 2.05) is 19.6 Å². The first-order valence-electron chi connectivity index (χ1n) is 7.22. The minimum Gasteiger partial charge on any atom is -0.334 e. The van der Waals surface area contributed by atoms with Crippen molar-refractivity contribution in [3.05, 3.63) is 65.6 Å². The maximum absolute atomic E-state index is 4.23. The topological polar surface area (TPSA) is 17.8 Å². The maximum atomic E-state index is 4.23. The van der Waals surface area contributed by atoms with Gasteiger partial charge in [-0.25, -0.2) is 4.98 Å². The van der Waals surface area contributed by atoms with E-state index < -0.39 is 0 Å². The highest BCUT2D eigenvalue weighted by Gasteiger charge is 2.11. The van der Waals surface area contributed by atoms with Crippen LogP contribution in [0.4, 0.5) is 0 Å². The second-order valence-electron chi connectivity index (χ2n) is 5.69. The van der Waals surface area contributed by atoms with Gasteiger partial charge in [0.2, 0.25) is 0 Å². The summed E-state index contributed by atoms with van der Waals surface area (Å²) in [7, 11) is 2.03. The molecule has 1 heterocycles. The number of rotatable bonds is 2. The van der Waals surface area contributed by atoms with Crippen molar-refractivity contribution in [1.82, 2.24) is 9.55 Å². The van der Waals surface area contributed by atoms with Gasteiger partial charge in [-0.1, -0.05) is 42.0 Å². The molecule has 3 rings (SSSR count). The summed E-state index contributed by atoms with van der Waals surface area (Å²) in [5.74, 6) is 0. The summed E-state index contributed by atoms with van der Waals surface area (Å²) < 4.78 is 2.06. The van der Waals surface area contributed by atoms with Crippen LogP contribution in [0, 0.1) is 20.8 Å². The molecule has 2 aromatic carbocycles. The zero-order chi connectivity index (χ0) is 15.0. The number of aryl methyl sites for hydroxylation is 3. The van der Waals surface area contributed by atoms with Crippen molar-refractivity contribution >= 4 is 0 Å². The van der Waals surface area contributed by atoms with E-state index in [0.717, 1.165) is 5.69 Å². The Morgan fingerprint density at radius 2 is 1.67 bits per heavy atom. The van der Waals surface area contributed by atoms with Gasteiger partial charge in [0, 0.05) is 12.6 Å². The van der Waals surface area contributed by atoms with Gasteiger partial charge in [-0.15, -0.1) is 0 Å². The molecule has 106 valence electrons. The Balaban J connectivity index is 2.19. The zero-order valence-corrected chi connectivity index (χ0v) is 13.0. The van der Waals surface area contributed by atoms with Gasteiger partial charge in [-0.3, -0.25) is 0 Å². The lowest BCUT2D eigenvalue weighted by Gasteiger charge is -2.14. The van der Waals surface area contributed by atoms with E-state index in [4.69, 9.17) is 0 Å². The van der Waals surface area contributed by atoms with Crippen LogP contribution in [0.3, 0.4) is 0 Å².